The Bertz CT molecular complexity index is 617. The van der Waals surface area contributed by atoms with Crippen molar-refractivity contribution in [1.29, 1.82) is 0 Å². The SMILES string of the molecule is CC(C)COc1ccc(CCNC(=O)c2coc(CN)c2)cc1. The molecular weight excluding hydrogens is 292 g/mol. The van der Waals surface area contributed by atoms with E-state index in [9.17, 15) is 4.79 Å². The molecule has 3 N–H and O–H groups in total. The summed E-state index contributed by atoms with van der Waals surface area (Å²) in [5.74, 6) is 1.84. The van der Waals surface area contributed by atoms with E-state index in [2.05, 4.69) is 19.2 Å². The third kappa shape index (κ3) is 5.45. The molecule has 5 heteroatoms. The highest BCUT2D eigenvalue weighted by Crippen LogP contribution is 2.13. The third-order valence-corrected chi connectivity index (χ3v) is 3.32. The number of amides is 1. The van der Waals surface area contributed by atoms with Gasteiger partial charge >= 0.3 is 0 Å². The van der Waals surface area contributed by atoms with Crippen LogP contribution in [0.2, 0.25) is 0 Å². The molecule has 0 spiro atoms. The summed E-state index contributed by atoms with van der Waals surface area (Å²) in [6, 6.07) is 9.63. The molecule has 0 aliphatic heterocycles. The van der Waals surface area contributed by atoms with Gasteiger partial charge in [-0.2, -0.15) is 0 Å². The molecule has 0 saturated carbocycles. The van der Waals surface area contributed by atoms with Crippen LogP contribution < -0.4 is 15.8 Å². The summed E-state index contributed by atoms with van der Waals surface area (Å²) in [6.07, 6.45) is 2.19. The summed E-state index contributed by atoms with van der Waals surface area (Å²) in [5, 5.41) is 2.87. The van der Waals surface area contributed by atoms with Gasteiger partial charge in [-0.1, -0.05) is 26.0 Å². The van der Waals surface area contributed by atoms with E-state index in [-0.39, 0.29) is 5.91 Å². The van der Waals surface area contributed by atoms with Crippen molar-refractivity contribution in [2.75, 3.05) is 13.2 Å². The maximum atomic E-state index is 11.9. The van der Waals surface area contributed by atoms with Gasteiger partial charge < -0.3 is 20.2 Å². The Kier molecular flexibility index (Phi) is 6.23. The maximum Gasteiger partial charge on any atom is 0.254 e. The Morgan fingerprint density at radius 2 is 2.04 bits per heavy atom. The van der Waals surface area contributed by atoms with Crippen LogP contribution in [0, 0.1) is 5.92 Å². The number of hydrogen-bond acceptors (Lipinski definition) is 4. The van der Waals surface area contributed by atoms with Crippen LogP contribution in [0.25, 0.3) is 0 Å². The molecular formula is C18H24N2O3. The van der Waals surface area contributed by atoms with Crippen molar-refractivity contribution < 1.29 is 13.9 Å². The van der Waals surface area contributed by atoms with E-state index in [1.165, 1.54) is 6.26 Å². The van der Waals surface area contributed by atoms with E-state index in [0.717, 1.165) is 17.7 Å². The molecule has 1 amide bonds. The topological polar surface area (TPSA) is 77.5 Å². The van der Waals surface area contributed by atoms with E-state index in [1.807, 2.05) is 24.3 Å². The predicted octanol–water partition coefficient (Wildman–Crippen LogP) is 2.75. The standard InChI is InChI=1S/C18H24N2O3/c1-13(2)11-22-16-5-3-14(4-6-16)7-8-20-18(21)15-9-17(10-19)23-12-15/h3-6,9,12-13H,7-8,10-11,19H2,1-2H3,(H,20,21). The van der Waals surface area contributed by atoms with Gasteiger partial charge in [-0.25, -0.2) is 0 Å². The largest absolute Gasteiger partial charge is 0.493 e. The first-order chi connectivity index (χ1) is 11.1. The number of carbonyl (C=O) groups excluding carboxylic acids is 1. The van der Waals surface area contributed by atoms with E-state index in [1.54, 1.807) is 6.07 Å². The molecule has 23 heavy (non-hydrogen) atoms. The number of ether oxygens (including phenoxy) is 1. The first kappa shape index (κ1) is 17.1. The van der Waals surface area contributed by atoms with Crippen LogP contribution in [0.1, 0.15) is 35.5 Å². The van der Waals surface area contributed by atoms with Crippen molar-refractivity contribution in [3.8, 4) is 5.75 Å². The average molecular weight is 316 g/mol. The minimum absolute atomic E-state index is 0.148. The molecule has 0 fully saturated rings. The number of nitrogens with one attached hydrogen (secondary N) is 1. The zero-order valence-electron chi connectivity index (χ0n) is 13.7. The van der Waals surface area contributed by atoms with Gasteiger partial charge in [-0.05, 0) is 36.1 Å². The minimum Gasteiger partial charge on any atom is -0.493 e. The second-order valence-electron chi connectivity index (χ2n) is 5.86. The van der Waals surface area contributed by atoms with Crippen LogP contribution in [0.15, 0.2) is 41.0 Å². The predicted molar refractivity (Wildman–Crippen MR) is 89.4 cm³/mol. The molecule has 0 saturated heterocycles. The Morgan fingerprint density at radius 1 is 1.30 bits per heavy atom. The van der Waals surface area contributed by atoms with Crippen LogP contribution in [-0.2, 0) is 13.0 Å². The highest BCUT2D eigenvalue weighted by molar-refractivity contribution is 5.93. The molecule has 2 aromatic rings. The van der Waals surface area contributed by atoms with E-state index >= 15 is 0 Å². The first-order valence-corrected chi connectivity index (χ1v) is 7.86. The number of furan rings is 1. The van der Waals surface area contributed by atoms with Crippen molar-refractivity contribution in [2.24, 2.45) is 11.7 Å². The molecule has 0 atom stereocenters. The smallest absolute Gasteiger partial charge is 0.254 e. The lowest BCUT2D eigenvalue weighted by Crippen LogP contribution is -2.25. The molecule has 5 nitrogen and oxygen atoms in total. The van der Waals surface area contributed by atoms with E-state index in [0.29, 0.717) is 36.9 Å². The number of hydrogen-bond donors (Lipinski definition) is 2. The Hall–Kier alpha value is -2.27. The molecule has 0 radical (unpaired) electrons. The fraction of sp³-hybridized carbons (Fsp3) is 0.389. The zero-order chi connectivity index (χ0) is 16.7. The van der Waals surface area contributed by atoms with Gasteiger partial charge in [0.2, 0.25) is 0 Å². The van der Waals surface area contributed by atoms with Crippen molar-refractivity contribution in [2.45, 2.75) is 26.8 Å². The number of benzene rings is 1. The number of rotatable bonds is 8. The van der Waals surface area contributed by atoms with Gasteiger partial charge in [-0.15, -0.1) is 0 Å². The van der Waals surface area contributed by atoms with Gasteiger partial charge in [0.15, 0.2) is 0 Å². The van der Waals surface area contributed by atoms with Crippen LogP contribution in [0.5, 0.6) is 5.75 Å². The lowest BCUT2D eigenvalue weighted by molar-refractivity contribution is 0.0953. The van der Waals surface area contributed by atoms with E-state index in [4.69, 9.17) is 14.9 Å². The maximum absolute atomic E-state index is 11.9. The monoisotopic (exact) mass is 316 g/mol. The lowest BCUT2D eigenvalue weighted by Gasteiger charge is -2.09. The summed E-state index contributed by atoms with van der Waals surface area (Å²) in [5.41, 5.74) is 7.11. The Morgan fingerprint density at radius 3 is 2.65 bits per heavy atom. The molecule has 0 bridgehead atoms. The Balaban J connectivity index is 1.76. The molecule has 1 aromatic carbocycles. The molecule has 0 aliphatic carbocycles. The summed E-state index contributed by atoms with van der Waals surface area (Å²) < 4.78 is 10.8. The van der Waals surface area contributed by atoms with Gasteiger partial charge in [-0.3, -0.25) is 4.79 Å². The fourth-order valence-corrected chi connectivity index (χ4v) is 2.04. The highest BCUT2D eigenvalue weighted by atomic mass is 16.5. The van der Waals surface area contributed by atoms with Gasteiger partial charge in [0.1, 0.15) is 17.8 Å². The average Bonchev–Trinajstić information content (AvgIpc) is 3.03. The number of nitrogens with two attached hydrogens (primary N) is 1. The molecule has 0 unspecified atom stereocenters. The van der Waals surface area contributed by atoms with Crippen LogP contribution in [0.4, 0.5) is 0 Å². The highest BCUT2D eigenvalue weighted by Gasteiger charge is 2.08. The van der Waals surface area contributed by atoms with Gasteiger partial charge in [0.05, 0.1) is 18.7 Å². The summed E-state index contributed by atoms with van der Waals surface area (Å²) in [6.45, 7) is 5.80. The molecule has 2 rings (SSSR count). The zero-order valence-corrected chi connectivity index (χ0v) is 13.7. The summed E-state index contributed by atoms with van der Waals surface area (Å²) >= 11 is 0. The van der Waals surface area contributed by atoms with Gasteiger partial charge in [0, 0.05) is 6.54 Å². The first-order valence-electron chi connectivity index (χ1n) is 7.86. The summed E-state index contributed by atoms with van der Waals surface area (Å²) in [7, 11) is 0. The minimum atomic E-state index is -0.148. The number of carbonyl (C=O) groups is 1. The third-order valence-electron chi connectivity index (χ3n) is 3.32. The Labute approximate surface area is 136 Å². The van der Waals surface area contributed by atoms with Crippen LogP contribution in [0.3, 0.4) is 0 Å². The molecule has 0 aliphatic rings. The van der Waals surface area contributed by atoms with Gasteiger partial charge in [0.25, 0.3) is 5.91 Å². The summed E-state index contributed by atoms with van der Waals surface area (Å²) in [4.78, 5) is 11.9. The van der Waals surface area contributed by atoms with Crippen LogP contribution >= 0.6 is 0 Å². The second kappa shape index (κ2) is 8.39. The van der Waals surface area contributed by atoms with Crippen molar-refractivity contribution >= 4 is 5.91 Å². The second-order valence-corrected chi connectivity index (χ2v) is 5.86. The van der Waals surface area contributed by atoms with Crippen molar-refractivity contribution in [3.63, 3.8) is 0 Å². The van der Waals surface area contributed by atoms with E-state index < -0.39 is 0 Å². The van der Waals surface area contributed by atoms with Crippen molar-refractivity contribution in [3.05, 3.63) is 53.5 Å². The molecule has 1 heterocycles. The van der Waals surface area contributed by atoms with Crippen LogP contribution in [-0.4, -0.2) is 19.1 Å². The lowest BCUT2D eigenvalue weighted by atomic mass is 10.1. The fourth-order valence-electron chi connectivity index (χ4n) is 2.04. The van der Waals surface area contributed by atoms with Crippen molar-refractivity contribution in [1.82, 2.24) is 5.32 Å². The normalized spacial score (nSPS) is 10.8. The molecule has 1 aromatic heterocycles. The quantitative estimate of drug-likeness (QED) is 0.785. The molecule has 124 valence electrons.